The van der Waals surface area contributed by atoms with Crippen LogP contribution in [0, 0.1) is 11.3 Å². The highest BCUT2D eigenvalue weighted by molar-refractivity contribution is 5.93. The molecule has 2 amide bonds. The van der Waals surface area contributed by atoms with Crippen molar-refractivity contribution in [3.63, 3.8) is 0 Å². The quantitative estimate of drug-likeness (QED) is 0.858. The predicted octanol–water partition coefficient (Wildman–Crippen LogP) is 2.90. The molecule has 8 heteroatoms. The fourth-order valence-electron chi connectivity index (χ4n) is 3.71. The Balaban J connectivity index is 1.33. The van der Waals surface area contributed by atoms with E-state index in [1.807, 2.05) is 54.6 Å². The highest BCUT2D eigenvalue weighted by Crippen LogP contribution is 2.36. The van der Waals surface area contributed by atoms with Gasteiger partial charge < -0.3 is 10.2 Å². The van der Waals surface area contributed by atoms with E-state index in [-0.39, 0.29) is 23.1 Å². The minimum Gasteiger partial charge on any atom is -0.342 e. The molecule has 1 saturated carbocycles. The average Bonchev–Trinajstić information content (AvgIpc) is 3.44. The van der Waals surface area contributed by atoms with E-state index < -0.39 is 0 Å². The molecule has 154 valence electrons. The molecule has 1 aromatic heterocycles. The maximum Gasteiger partial charge on any atom is 0.227 e. The number of amides is 2. The molecule has 0 radical (unpaired) electrons. The van der Waals surface area contributed by atoms with Crippen LogP contribution in [0.4, 0.5) is 5.69 Å². The van der Waals surface area contributed by atoms with Gasteiger partial charge in [0.1, 0.15) is 0 Å². The average molecular weight is 396 g/mol. The van der Waals surface area contributed by atoms with E-state index in [0.717, 1.165) is 29.9 Å². The van der Waals surface area contributed by atoms with Crippen molar-refractivity contribution in [2.24, 2.45) is 11.3 Å². The number of likely N-dealkylation sites (tertiary alicyclic amines) is 1. The van der Waals surface area contributed by atoms with Gasteiger partial charge in [-0.05, 0) is 60.4 Å². The molecule has 1 aliphatic carbocycles. The fraction of sp³-hybridized carbons (Fsp3) is 0.571. The van der Waals surface area contributed by atoms with Gasteiger partial charge in [0.25, 0.3) is 0 Å². The second kappa shape index (κ2) is 7.57. The molecule has 8 nitrogen and oxygen atoms in total. The standard InChI is InChI=1S/C21H28N6O2/c1-21(2,3)20(29)26-12-10-15(11-13-26)19(28)22-16-6-4-14(5-7-16)18-23-24-25-27(18)17-8-9-17/h4-7,15,17H,8-13H2,1-3H3,(H,22,28). The number of anilines is 1. The SMILES string of the molecule is CC(C)(C)C(=O)N1CCC(C(=O)Nc2ccc(-c3nnnn3C3CC3)cc2)CC1. The first kappa shape index (κ1) is 19.5. The molecule has 0 bridgehead atoms. The van der Waals surface area contributed by atoms with Gasteiger partial charge >= 0.3 is 0 Å². The molecule has 2 aliphatic rings. The van der Waals surface area contributed by atoms with Crippen molar-refractivity contribution >= 4 is 17.5 Å². The zero-order valence-corrected chi connectivity index (χ0v) is 17.3. The van der Waals surface area contributed by atoms with Gasteiger partial charge in [-0.25, -0.2) is 4.68 Å². The third kappa shape index (κ3) is 4.31. The van der Waals surface area contributed by atoms with Crippen molar-refractivity contribution in [2.75, 3.05) is 18.4 Å². The van der Waals surface area contributed by atoms with Crippen LogP contribution in [0.1, 0.15) is 52.5 Å². The van der Waals surface area contributed by atoms with Crippen LogP contribution in [0.25, 0.3) is 11.4 Å². The lowest BCUT2D eigenvalue weighted by molar-refractivity contribution is -0.142. The summed E-state index contributed by atoms with van der Waals surface area (Å²) in [5.41, 5.74) is 1.32. The molecule has 2 heterocycles. The van der Waals surface area contributed by atoms with Crippen LogP contribution in [-0.2, 0) is 9.59 Å². The summed E-state index contributed by atoms with van der Waals surface area (Å²) in [5, 5.41) is 15.0. The minimum atomic E-state index is -0.379. The van der Waals surface area contributed by atoms with Gasteiger partial charge in [-0.2, -0.15) is 0 Å². The van der Waals surface area contributed by atoms with Crippen LogP contribution in [-0.4, -0.2) is 50.0 Å². The van der Waals surface area contributed by atoms with Crippen LogP contribution in [0.3, 0.4) is 0 Å². The molecule has 1 saturated heterocycles. The number of nitrogens with zero attached hydrogens (tertiary/aromatic N) is 5. The number of rotatable bonds is 4. The molecule has 29 heavy (non-hydrogen) atoms. The first-order valence-corrected chi connectivity index (χ1v) is 10.3. The van der Waals surface area contributed by atoms with Crippen molar-refractivity contribution in [1.82, 2.24) is 25.1 Å². The highest BCUT2D eigenvalue weighted by atomic mass is 16.2. The van der Waals surface area contributed by atoms with Crippen molar-refractivity contribution < 1.29 is 9.59 Å². The molecule has 4 rings (SSSR count). The zero-order valence-electron chi connectivity index (χ0n) is 17.3. The van der Waals surface area contributed by atoms with E-state index in [0.29, 0.717) is 32.0 Å². The number of carbonyl (C=O) groups is 2. The first-order valence-electron chi connectivity index (χ1n) is 10.3. The Morgan fingerprint density at radius 3 is 2.28 bits per heavy atom. The van der Waals surface area contributed by atoms with E-state index in [9.17, 15) is 9.59 Å². The molecule has 0 atom stereocenters. The predicted molar refractivity (Wildman–Crippen MR) is 109 cm³/mol. The largest absolute Gasteiger partial charge is 0.342 e. The number of nitrogens with one attached hydrogen (secondary N) is 1. The zero-order chi connectivity index (χ0) is 20.6. The summed E-state index contributed by atoms with van der Waals surface area (Å²) in [4.78, 5) is 26.9. The third-order valence-corrected chi connectivity index (χ3v) is 5.59. The minimum absolute atomic E-state index is 0.0171. The summed E-state index contributed by atoms with van der Waals surface area (Å²) in [7, 11) is 0. The number of piperidine rings is 1. The third-order valence-electron chi connectivity index (χ3n) is 5.59. The summed E-state index contributed by atoms with van der Waals surface area (Å²) in [6.45, 7) is 7.07. The van der Waals surface area contributed by atoms with Crippen molar-refractivity contribution in [3.8, 4) is 11.4 Å². The molecular weight excluding hydrogens is 368 g/mol. The molecule has 1 aliphatic heterocycles. The Morgan fingerprint density at radius 2 is 1.69 bits per heavy atom. The molecule has 2 aromatic rings. The number of hydrogen-bond donors (Lipinski definition) is 1. The maximum absolute atomic E-state index is 12.7. The van der Waals surface area contributed by atoms with Gasteiger partial charge in [-0.3, -0.25) is 9.59 Å². The van der Waals surface area contributed by atoms with Crippen LogP contribution in [0.15, 0.2) is 24.3 Å². The number of carbonyl (C=O) groups excluding carboxylic acids is 2. The Hall–Kier alpha value is -2.77. The molecular formula is C21H28N6O2. The van der Waals surface area contributed by atoms with Crippen LogP contribution in [0.5, 0.6) is 0 Å². The Morgan fingerprint density at radius 1 is 1.03 bits per heavy atom. The lowest BCUT2D eigenvalue weighted by atomic mass is 9.90. The van der Waals surface area contributed by atoms with Gasteiger partial charge in [0.05, 0.1) is 6.04 Å². The maximum atomic E-state index is 12.7. The van der Waals surface area contributed by atoms with Gasteiger partial charge in [-0.15, -0.1) is 5.10 Å². The molecule has 0 unspecified atom stereocenters. The molecule has 1 aromatic carbocycles. The summed E-state index contributed by atoms with van der Waals surface area (Å²) in [5.74, 6) is 0.867. The summed E-state index contributed by atoms with van der Waals surface area (Å²) in [6, 6.07) is 8.06. The smallest absolute Gasteiger partial charge is 0.227 e. The van der Waals surface area contributed by atoms with Crippen LogP contribution in [0.2, 0.25) is 0 Å². The Bertz CT molecular complexity index is 887. The first-order chi connectivity index (χ1) is 13.8. The Kier molecular flexibility index (Phi) is 5.10. The van der Waals surface area contributed by atoms with Crippen molar-refractivity contribution in [2.45, 2.75) is 52.5 Å². The second-order valence-electron chi connectivity index (χ2n) is 9.06. The number of hydrogen-bond acceptors (Lipinski definition) is 5. The van der Waals surface area contributed by atoms with E-state index in [1.165, 1.54) is 0 Å². The number of benzene rings is 1. The fourth-order valence-corrected chi connectivity index (χ4v) is 3.71. The van der Waals surface area contributed by atoms with E-state index >= 15 is 0 Å². The van der Waals surface area contributed by atoms with E-state index in [1.54, 1.807) is 0 Å². The molecule has 0 spiro atoms. The lowest BCUT2D eigenvalue weighted by Crippen LogP contribution is -2.45. The van der Waals surface area contributed by atoms with Gasteiger partial charge in [0.15, 0.2) is 5.82 Å². The van der Waals surface area contributed by atoms with Crippen molar-refractivity contribution in [3.05, 3.63) is 24.3 Å². The van der Waals surface area contributed by atoms with Crippen LogP contribution >= 0.6 is 0 Å². The lowest BCUT2D eigenvalue weighted by Gasteiger charge is -2.35. The van der Waals surface area contributed by atoms with Gasteiger partial charge in [0, 0.05) is 35.7 Å². The normalized spacial score (nSPS) is 18.0. The summed E-state index contributed by atoms with van der Waals surface area (Å²) >= 11 is 0. The van der Waals surface area contributed by atoms with Gasteiger partial charge in [-0.1, -0.05) is 20.8 Å². The second-order valence-corrected chi connectivity index (χ2v) is 9.06. The van der Waals surface area contributed by atoms with Gasteiger partial charge in [0.2, 0.25) is 11.8 Å². The number of aromatic nitrogens is 4. The van der Waals surface area contributed by atoms with Crippen LogP contribution < -0.4 is 5.32 Å². The Labute approximate surface area is 170 Å². The van der Waals surface area contributed by atoms with E-state index in [4.69, 9.17) is 0 Å². The topological polar surface area (TPSA) is 93.0 Å². The van der Waals surface area contributed by atoms with Crippen molar-refractivity contribution in [1.29, 1.82) is 0 Å². The highest BCUT2D eigenvalue weighted by Gasteiger charge is 2.32. The summed E-state index contributed by atoms with van der Waals surface area (Å²) in [6.07, 6.45) is 3.63. The monoisotopic (exact) mass is 396 g/mol. The molecule has 2 fully saturated rings. The van der Waals surface area contributed by atoms with E-state index in [2.05, 4.69) is 20.8 Å². The summed E-state index contributed by atoms with van der Waals surface area (Å²) < 4.78 is 1.88. The molecule has 1 N–H and O–H groups in total. The number of tetrazole rings is 1.